The van der Waals surface area contributed by atoms with Crippen LogP contribution in [-0.4, -0.2) is 27.2 Å². The van der Waals surface area contributed by atoms with Crippen LogP contribution in [0.4, 0.5) is 0 Å². The fourth-order valence-electron chi connectivity index (χ4n) is 1.69. The Bertz CT molecular complexity index is 676. The van der Waals surface area contributed by atoms with E-state index in [1.54, 1.807) is 13.0 Å². The number of esters is 1. The third kappa shape index (κ3) is 2.38. The molecule has 0 saturated carbocycles. The smallest absolute Gasteiger partial charge is 0.345 e. The van der Waals surface area contributed by atoms with E-state index in [9.17, 15) is 9.59 Å². The van der Waals surface area contributed by atoms with Crippen molar-refractivity contribution in [3.05, 3.63) is 33.9 Å². The van der Waals surface area contributed by atoms with Gasteiger partial charge >= 0.3 is 5.97 Å². The third-order valence-corrected chi connectivity index (χ3v) is 2.80. The minimum Gasteiger partial charge on any atom is -0.462 e. The topological polar surface area (TPSA) is 76.5 Å². The Labute approximate surface area is 110 Å². The Kier molecular flexibility index (Phi) is 3.18. The van der Waals surface area contributed by atoms with E-state index in [2.05, 4.69) is 10.1 Å². The van der Waals surface area contributed by atoms with Gasteiger partial charge < -0.3 is 4.74 Å². The molecule has 0 amide bonds. The summed E-state index contributed by atoms with van der Waals surface area (Å²) in [6.07, 6.45) is 1.26. The first-order valence-corrected chi connectivity index (χ1v) is 6.13. The summed E-state index contributed by atoms with van der Waals surface area (Å²) < 4.78 is 6.10. The number of hydrogen-bond acceptors (Lipinski definition) is 4. The molecule has 19 heavy (non-hydrogen) atoms. The van der Waals surface area contributed by atoms with Gasteiger partial charge in [-0.2, -0.15) is 0 Å². The summed E-state index contributed by atoms with van der Waals surface area (Å²) in [5, 5.41) is 2.98. The average Bonchev–Trinajstić information content (AvgIpc) is 2.74. The third-order valence-electron chi connectivity index (χ3n) is 2.80. The van der Waals surface area contributed by atoms with Crippen LogP contribution in [0.1, 0.15) is 43.7 Å². The molecule has 102 valence electrons. The molecule has 0 aromatic carbocycles. The lowest BCUT2D eigenvalue weighted by Gasteiger charge is -2.14. The van der Waals surface area contributed by atoms with Gasteiger partial charge in [0.15, 0.2) is 5.65 Å². The number of hydrogen-bond donors (Lipinski definition) is 1. The molecule has 2 aromatic rings. The first-order valence-electron chi connectivity index (χ1n) is 6.13. The van der Waals surface area contributed by atoms with Gasteiger partial charge in [-0.25, -0.2) is 14.3 Å². The fourth-order valence-corrected chi connectivity index (χ4v) is 1.69. The standard InChI is InChI=1S/C13H17N3O3/c1-5-19-12(18)8-7-14-10-6-9(13(2,3)4)15-16(10)11(8)17/h6-7,15H,5H2,1-4H3. The molecule has 6 heteroatoms. The Morgan fingerprint density at radius 3 is 2.74 bits per heavy atom. The van der Waals surface area contributed by atoms with Crippen molar-refractivity contribution in [2.24, 2.45) is 0 Å². The summed E-state index contributed by atoms with van der Waals surface area (Å²) in [4.78, 5) is 27.9. The summed E-state index contributed by atoms with van der Waals surface area (Å²) in [6.45, 7) is 7.98. The molecular formula is C13H17N3O3. The molecule has 0 spiro atoms. The molecule has 2 aromatic heterocycles. The predicted molar refractivity (Wildman–Crippen MR) is 70.5 cm³/mol. The number of aromatic amines is 1. The predicted octanol–water partition coefficient (Wildman–Crippen LogP) is 1.50. The maximum atomic E-state index is 12.2. The van der Waals surface area contributed by atoms with E-state index in [0.717, 1.165) is 5.69 Å². The molecule has 2 rings (SSSR count). The van der Waals surface area contributed by atoms with Gasteiger partial charge in [0.1, 0.15) is 5.56 Å². The van der Waals surface area contributed by atoms with Crippen molar-refractivity contribution in [1.82, 2.24) is 14.6 Å². The second-order valence-electron chi connectivity index (χ2n) is 5.31. The molecule has 0 aliphatic heterocycles. The molecule has 1 N–H and O–H groups in total. The minimum atomic E-state index is -0.652. The van der Waals surface area contributed by atoms with E-state index in [4.69, 9.17) is 4.74 Å². The highest BCUT2D eigenvalue weighted by Gasteiger charge is 2.20. The number of H-pyrrole nitrogens is 1. The molecule has 0 fully saturated rings. The normalized spacial score (nSPS) is 11.8. The van der Waals surface area contributed by atoms with Gasteiger partial charge in [0.05, 0.1) is 6.61 Å². The number of fused-ring (bicyclic) bond motifs is 1. The van der Waals surface area contributed by atoms with Gasteiger partial charge in [0.25, 0.3) is 5.56 Å². The molecule has 0 radical (unpaired) electrons. The number of carbonyl (C=O) groups is 1. The van der Waals surface area contributed by atoms with Crippen LogP contribution in [0.25, 0.3) is 5.65 Å². The van der Waals surface area contributed by atoms with Crippen molar-refractivity contribution in [1.29, 1.82) is 0 Å². The average molecular weight is 263 g/mol. The van der Waals surface area contributed by atoms with Crippen molar-refractivity contribution in [3.8, 4) is 0 Å². The number of ether oxygens (including phenoxy) is 1. The first-order chi connectivity index (χ1) is 8.84. The van der Waals surface area contributed by atoms with Crippen LogP contribution in [0.2, 0.25) is 0 Å². The van der Waals surface area contributed by atoms with Crippen molar-refractivity contribution >= 4 is 11.6 Å². The maximum Gasteiger partial charge on any atom is 0.345 e. The summed E-state index contributed by atoms with van der Waals surface area (Å²) in [5.41, 5.74) is 0.714. The second-order valence-corrected chi connectivity index (χ2v) is 5.31. The zero-order valence-electron chi connectivity index (χ0n) is 11.5. The van der Waals surface area contributed by atoms with Gasteiger partial charge in [-0.1, -0.05) is 20.8 Å². The Hall–Kier alpha value is -2.11. The van der Waals surface area contributed by atoms with Gasteiger partial charge in [0.2, 0.25) is 0 Å². The lowest BCUT2D eigenvalue weighted by Crippen LogP contribution is -2.25. The Balaban J connectivity index is 2.59. The van der Waals surface area contributed by atoms with E-state index in [1.165, 1.54) is 10.7 Å². The van der Waals surface area contributed by atoms with E-state index >= 15 is 0 Å². The highest BCUT2D eigenvalue weighted by atomic mass is 16.5. The van der Waals surface area contributed by atoms with Crippen LogP contribution in [-0.2, 0) is 10.2 Å². The van der Waals surface area contributed by atoms with Crippen LogP contribution in [0.15, 0.2) is 17.1 Å². The highest BCUT2D eigenvalue weighted by molar-refractivity contribution is 5.88. The van der Waals surface area contributed by atoms with E-state index in [1.807, 2.05) is 20.8 Å². The summed E-state index contributed by atoms with van der Waals surface area (Å²) in [5.74, 6) is -0.652. The number of rotatable bonds is 2. The number of nitrogens with zero attached hydrogens (tertiary/aromatic N) is 2. The summed E-state index contributed by atoms with van der Waals surface area (Å²) in [6, 6.07) is 1.80. The SMILES string of the molecule is CCOC(=O)c1cnc2cc(C(C)(C)C)[nH]n2c1=O. The lowest BCUT2D eigenvalue weighted by molar-refractivity contribution is 0.0523. The molecule has 0 saturated heterocycles. The molecular weight excluding hydrogens is 246 g/mol. The van der Waals surface area contributed by atoms with E-state index in [0.29, 0.717) is 5.65 Å². The molecule has 6 nitrogen and oxygen atoms in total. The second kappa shape index (κ2) is 4.53. The zero-order chi connectivity index (χ0) is 14.2. The largest absolute Gasteiger partial charge is 0.462 e. The minimum absolute atomic E-state index is 0.0679. The Morgan fingerprint density at radius 2 is 2.16 bits per heavy atom. The van der Waals surface area contributed by atoms with E-state index < -0.39 is 11.5 Å². The maximum absolute atomic E-state index is 12.2. The zero-order valence-corrected chi connectivity index (χ0v) is 11.5. The van der Waals surface area contributed by atoms with Gasteiger partial charge in [-0.05, 0) is 6.92 Å². The van der Waals surface area contributed by atoms with Gasteiger partial charge in [-0.3, -0.25) is 9.89 Å². The van der Waals surface area contributed by atoms with Crippen LogP contribution >= 0.6 is 0 Å². The molecule has 0 aliphatic rings. The van der Waals surface area contributed by atoms with Crippen LogP contribution in [0.5, 0.6) is 0 Å². The lowest BCUT2D eigenvalue weighted by atomic mass is 9.93. The monoisotopic (exact) mass is 263 g/mol. The van der Waals surface area contributed by atoms with Crippen molar-refractivity contribution in [2.45, 2.75) is 33.1 Å². The van der Waals surface area contributed by atoms with Crippen LogP contribution in [0.3, 0.4) is 0 Å². The van der Waals surface area contributed by atoms with Crippen molar-refractivity contribution < 1.29 is 9.53 Å². The quantitative estimate of drug-likeness (QED) is 0.833. The number of nitrogens with one attached hydrogen (secondary N) is 1. The van der Waals surface area contributed by atoms with Crippen LogP contribution < -0.4 is 5.56 Å². The van der Waals surface area contributed by atoms with Crippen molar-refractivity contribution in [2.75, 3.05) is 6.61 Å². The summed E-state index contributed by atoms with van der Waals surface area (Å²) >= 11 is 0. The molecule has 0 bridgehead atoms. The molecule has 2 heterocycles. The highest BCUT2D eigenvalue weighted by Crippen LogP contribution is 2.20. The van der Waals surface area contributed by atoms with Gasteiger partial charge in [0, 0.05) is 23.4 Å². The first kappa shape index (κ1) is 13.3. The molecule has 0 unspecified atom stereocenters. The Morgan fingerprint density at radius 1 is 1.47 bits per heavy atom. The van der Waals surface area contributed by atoms with Gasteiger partial charge in [-0.15, -0.1) is 0 Å². The van der Waals surface area contributed by atoms with Crippen LogP contribution in [0, 0.1) is 0 Å². The molecule has 0 atom stereocenters. The summed E-state index contributed by atoms with van der Waals surface area (Å²) in [7, 11) is 0. The van der Waals surface area contributed by atoms with E-state index in [-0.39, 0.29) is 17.6 Å². The van der Waals surface area contributed by atoms with Crippen molar-refractivity contribution in [3.63, 3.8) is 0 Å². The number of carbonyl (C=O) groups excluding carboxylic acids is 1. The number of aromatic nitrogens is 3. The molecule has 0 aliphatic carbocycles. The fraction of sp³-hybridized carbons (Fsp3) is 0.462.